The number of aromatic carboxylic acids is 1. The van der Waals surface area contributed by atoms with Crippen LogP contribution in [0, 0.1) is 5.92 Å². The van der Waals surface area contributed by atoms with Gasteiger partial charge in [0.05, 0.1) is 23.5 Å². The third kappa shape index (κ3) is 2.72. The second-order valence-electron chi connectivity index (χ2n) is 6.14. The molecule has 2 heterocycles. The molecule has 0 saturated heterocycles. The molecule has 0 radical (unpaired) electrons. The predicted molar refractivity (Wildman–Crippen MR) is 84.7 cm³/mol. The average Bonchev–Trinajstić information content (AvgIpc) is 2.89. The quantitative estimate of drug-likeness (QED) is 0.941. The number of rotatable bonds is 4. The minimum Gasteiger partial charge on any atom is -0.476 e. The highest BCUT2D eigenvalue weighted by Gasteiger charge is 2.29. The monoisotopic (exact) mass is 313 g/mol. The lowest BCUT2D eigenvalue weighted by Crippen LogP contribution is -2.31. The first-order valence-electron chi connectivity index (χ1n) is 7.67. The topological polar surface area (TPSA) is 75.4 Å². The molecule has 0 bridgehead atoms. The number of para-hydroxylation sites is 1. The number of carbonyl (C=O) groups is 2. The number of hydrogen-bond donors (Lipinski definition) is 1. The summed E-state index contributed by atoms with van der Waals surface area (Å²) in [5, 5.41) is 9.36. The maximum Gasteiger partial charge on any atom is 0.356 e. The van der Waals surface area contributed by atoms with Crippen LogP contribution in [0.15, 0.2) is 30.6 Å². The Hall–Kier alpha value is -2.63. The molecule has 1 aromatic carbocycles. The summed E-state index contributed by atoms with van der Waals surface area (Å²) in [4.78, 5) is 30.0. The number of benzene rings is 1. The van der Waals surface area contributed by atoms with Gasteiger partial charge in [-0.25, -0.2) is 9.78 Å². The van der Waals surface area contributed by atoms with Crippen molar-refractivity contribution in [3.8, 4) is 5.69 Å². The molecule has 0 fully saturated rings. The van der Waals surface area contributed by atoms with Gasteiger partial charge in [-0.05, 0) is 24.5 Å². The third-order valence-electron chi connectivity index (χ3n) is 4.07. The van der Waals surface area contributed by atoms with Gasteiger partial charge in [-0.1, -0.05) is 26.0 Å². The van der Waals surface area contributed by atoms with Gasteiger partial charge in [0, 0.05) is 6.54 Å². The van der Waals surface area contributed by atoms with Gasteiger partial charge in [0.15, 0.2) is 5.69 Å². The van der Waals surface area contributed by atoms with Gasteiger partial charge < -0.3 is 10.0 Å². The number of amides is 1. The number of aromatic nitrogens is 2. The molecule has 23 heavy (non-hydrogen) atoms. The van der Waals surface area contributed by atoms with E-state index in [1.807, 2.05) is 18.2 Å². The van der Waals surface area contributed by atoms with E-state index in [0.29, 0.717) is 29.4 Å². The summed E-state index contributed by atoms with van der Waals surface area (Å²) >= 11 is 0. The second kappa shape index (κ2) is 5.87. The second-order valence-corrected chi connectivity index (χ2v) is 6.14. The van der Waals surface area contributed by atoms with Crippen LogP contribution in [0.4, 0.5) is 0 Å². The molecule has 1 amide bonds. The molecular weight excluding hydrogens is 294 g/mol. The summed E-state index contributed by atoms with van der Waals surface area (Å²) in [5.41, 5.74) is 1.80. The Morgan fingerprint density at radius 3 is 2.78 bits per heavy atom. The Morgan fingerprint density at radius 2 is 2.09 bits per heavy atom. The van der Waals surface area contributed by atoms with Crippen molar-refractivity contribution >= 4 is 11.9 Å². The summed E-state index contributed by atoms with van der Waals surface area (Å²) in [6, 6.07) is 7.24. The summed E-state index contributed by atoms with van der Waals surface area (Å²) < 4.78 is 1.71. The maximum atomic E-state index is 12.8. The van der Waals surface area contributed by atoms with Gasteiger partial charge in [-0.15, -0.1) is 0 Å². The molecule has 6 nitrogen and oxygen atoms in total. The van der Waals surface area contributed by atoms with Gasteiger partial charge in [-0.3, -0.25) is 9.36 Å². The largest absolute Gasteiger partial charge is 0.476 e. The number of imidazole rings is 1. The third-order valence-corrected chi connectivity index (χ3v) is 4.07. The van der Waals surface area contributed by atoms with Crippen LogP contribution in [-0.2, 0) is 6.54 Å². The molecule has 0 aliphatic carbocycles. The Bertz CT molecular complexity index is 764. The van der Waals surface area contributed by atoms with E-state index in [1.54, 1.807) is 15.5 Å². The highest BCUT2D eigenvalue weighted by atomic mass is 16.4. The van der Waals surface area contributed by atoms with Crippen LogP contribution in [0.1, 0.15) is 46.8 Å². The Morgan fingerprint density at radius 1 is 1.35 bits per heavy atom. The van der Waals surface area contributed by atoms with E-state index in [9.17, 15) is 14.7 Å². The molecular formula is C17H19N3O3. The van der Waals surface area contributed by atoms with Crippen LogP contribution in [0.5, 0.6) is 0 Å². The fraction of sp³-hybridized carbons (Fsp3) is 0.353. The lowest BCUT2D eigenvalue weighted by atomic mass is 10.1. The van der Waals surface area contributed by atoms with Crippen molar-refractivity contribution in [1.82, 2.24) is 14.5 Å². The molecule has 2 aromatic rings. The minimum absolute atomic E-state index is 0.00375. The summed E-state index contributed by atoms with van der Waals surface area (Å²) in [5.74, 6) is -0.680. The Kier molecular flexibility index (Phi) is 3.90. The van der Waals surface area contributed by atoms with E-state index in [4.69, 9.17) is 0 Å². The normalized spacial score (nSPS) is 13.7. The molecule has 1 aliphatic rings. The number of carbonyl (C=O) groups excluding carboxylic acids is 1. The molecule has 0 unspecified atom stereocenters. The number of hydrogen-bond acceptors (Lipinski definition) is 3. The fourth-order valence-corrected chi connectivity index (χ4v) is 2.79. The van der Waals surface area contributed by atoms with Crippen LogP contribution in [-0.4, -0.2) is 38.0 Å². The molecule has 1 aliphatic heterocycles. The summed E-state index contributed by atoms with van der Waals surface area (Å²) in [6.07, 6.45) is 2.35. The number of carboxylic acids is 1. The highest BCUT2D eigenvalue weighted by molar-refractivity contribution is 5.99. The van der Waals surface area contributed by atoms with Crippen LogP contribution in [0.3, 0.4) is 0 Å². The standard InChI is InChI=1S/C17H19N3O3/c1-11(2)7-8-19-9-14-15(17(22)23)18-10-20(14)13-6-4-3-5-12(13)16(19)21/h3-6,10-11H,7-9H2,1-2H3,(H,22,23). The van der Waals surface area contributed by atoms with Crippen molar-refractivity contribution in [3.63, 3.8) is 0 Å². The lowest BCUT2D eigenvalue weighted by Gasteiger charge is -2.21. The van der Waals surface area contributed by atoms with Crippen LogP contribution in [0.25, 0.3) is 5.69 Å². The molecule has 6 heteroatoms. The molecule has 1 aromatic heterocycles. The van der Waals surface area contributed by atoms with Crippen molar-refractivity contribution < 1.29 is 14.7 Å². The van der Waals surface area contributed by atoms with Gasteiger partial charge in [0.1, 0.15) is 6.33 Å². The van der Waals surface area contributed by atoms with Gasteiger partial charge >= 0.3 is 5.97 Å². The van der Waals surface area contributed by atoms with E-state index in [1.165, 1.54) is 6.33 Å². The first-order chi connectivity index (χ1) is 11.0. The zero-order valence-corrected chi connectivity index (χ0v) is 13.2. The minimum atomic E-state index is -1.07. The first-order valence-corrected chi connectivity index (χ1v) is 7.67. The van der Waals surface area contributed by atoms with Gasteiger partial charge in [0.25, 0.3) is 5.91 Å². The number of nitrogens with zero attached hydrogens (tertiary/aromatic N) is 3. The van der Waals surface area contributed by atoms with Gasteiger partial charge in [0.2, 0.25) is 0 Å². The van der Waals surface area contributed by atoms with Crippen molar-refractivity contribution in [3.05, 3.63) is 47.5 Å². The summed E-state index contributed by atoms with van der Waals surface area (Å²) in [7, 11) is 0. The van der Waals surface area contributed by atoms with E-state index in [-0.39, 0.29) is 18.1 Å². The zero-order chi connectivity index (χ0) is 16.6. The number of carboxylic acid groups (broad SMARTS) is 1. The highest BCUT2D eigenvalue weighted by Crippen LogP contribution is 2.26. The van der Waals surface area contributed by atoms with Gasteiger partial charge in [-0.2, -0.15) is 0 Å². The predicted octanol–water partition coefficient (Wildman–Crippen LogP) is 2.57. The first kappa shape index (κ1) is 15.3. The molecule has 0 atom stereocenters. The van der Waals surface area contributed by atoms with E-state index >= 15 is 0 Å². The van der Waals surface area contributed by atoms with E-state index < -0.39 is 5.97 Å². The van der Waals surface area contributed by atoms with E-state index in [0.717, 1.165) is 6.42 Å². The van der Waals surface area contributed by atoms with E-state index in [2.05, 4.69) is 18.8 Å². The molecule has 0 spiro atoms. The maximum absolute atomic E-state index is 12.8. The van der Waals surface area contributed by atoms with Crippen LogP contribution in [0.2, 0.25) is 0 Å². The van der Waals surface area contributed by atoms with Crippen LogP contribution < -0.4 is 0 Å². The zero-order valence-electron chi connectivity index (χ0n) is 13.2. The number of fused-ring (bicyclic) bond motifs is 3. The Labute approximate surface area is 134 Å². The van der Waals surface area contributed by atoms with Crippen molar-refractivity contribution in [2.24, 2.45) is 5.92 Å². The molecule has 3 rings (SSSR count). The molecule has 1 N–H and O–H groups in total. The molecule has 0 saturated carbocycles. The SMILES string of the molecule is CC(C)CCN1Cc2c(C(=O)O)ncn2-c2ccccc2C1=O. The lowest BCUT2D eigenvalue weighted by molar-refractivity contribution is 0.0676. The van der Waals surface area contributed by atoms with Crippen LogP contribution >= 0.6 is 0 Å². The Balaban J connectivity index is 2.11. The smallest absolute Gasteiger partial charge is 0.356 e. The molecule has 120 valence electrons. The van der Waals surface area contributed by atoms with Crippen molar-refractivity contribution in [1.29, 1.82) is 0 Å². The van der Waals surface area contributed by atoms with Crippen molar-refractivity contribution in [2.45, 2.75) is 26.8 Å². The van der Waals surface area contributed by atoms with Crippen molar-refractivity contribution in [2.75, 3.05) is 6.54 Å². The fourth-order valence-electron chi connectivity index (χ4n) is 2.79. The average molecular weight is 313 g/mol. The summed E-state index contributed by atoms with van der Waals surface area (Å²) in [6.45, 7) is 5.04.